The molecule has 0 aliphatic heterocycles. The Bertz CT molecular complexity index is 497. The van der Waals surface area contributed by atoms with Gasteiger partial charge in [-0.05, 0) is 19.1 Å². The fourth-order valence-corrected chi connectivity index (χ4v) is 3.69. The fraction of sp³-hybridized carbons (Fsp3) is 0.692. The number of halogens is 1. The highest BCUT2D eigenvalue weighted by atomic mass is 35.5. The number of anilines is 1. The summed E-state index contributed by atoms with van der Waals surface area (Å²) in [7, 11) is 1.60. The van der Waals surface area contributed by atoms with Gasteiger partial charge in [0.1, 0.15) is 5.02 Å². The molecule has 0 amide bonds. The van der Waals surface area contributed by atoms with Gasteiger partial charge in [-0.15, -0.1) is 0 Å². The molecule has 0 aromatic carbocycles. The van der Waals surface area contributed by atoms with Crippen molar-refractivity contribution in [1.82, 2.24) is 9.78 Å². The maximum absolute atomic E-state index is 11.7. The van der Waals surface area contributed by atoms with Crippen molar-refractivity contribution in [3.63, 3.8) is 0 Å². The first-order valence-electron chi connectivity index (χ1n) is 6.59. The van der Waals surface area contributed by atoms with Crippen molar-refractivity contribution in [3.8, 4) is 0 Å². The summed E-state index contributed by atoms with van der Waals surface area (Å²) in [6.07, 6.45) is 10.1. The summed E-state index contributed by atoms with van der Waals surface area (Å²) >= 11 is 7.98. The third kappa shape index (κ3) is 3.26. The van der Waals surface area contributed by atoms with E-state index < -0.39 is 0 Å². The van der Waals surface area contributed by atoms with Crippen molar-refractivity contribution < 1.29 is 0 Å². The van der Waals surface area contributed by atoms with E-state index in [4.69, 9.17) is 11.6 Å². The van der Waals surface area contributed by atoms with Gasteiger partial charge in [-0.1, -0.05) is 30.9 Å². The van der Waals surface area contributed by atoms with Crippen LogP contribution >= 0.6 is 23.4 Å². The molecule has 0 saturated heterocycles. The van der Waals surface area contributed by atoms with Gasteiger partial charge in [0.05, 0.1) is 11.9 Å². The van der Waals surface area contributed by atoms with Crippen LogP contribution in [0.3, 0.4) is 0 Å². The van der Waals surface area contributed by atoms with E-state index in [1.165, 1.54) is 36.8 Å². The molecule has 1 heterocycles. The molecule has 1 saturated carbocycles. The molecule has 1 aromatic rings. The SMILES string of the molecule is CSC1(CNc2cnn(C)c(=O)c2Cl)CCCCC1. The van der Waals surface area contributed by atoms with Crippen LogP contribution in [0, 0.1) is 0 Å². The first-order valence-corrected chi connectivity index (χ1v) is 8.19. The van der Waals surface area contributed by atoms with Gasteiger partial charge in [-0.25, -0.2) is 4.68 Å². The molecule has 1 aromatic heterocycles. The minimum absolute atomic E-state index is 0.226. The minimum Gasteiger partial charge on any atom is -0.381 e. The van der Waals surface area contributed by atoms with Crippen LogP contribution in [0.15, 0.2) is 11.0 Å². The Labute approximate surface area is 122 Å². The van der Waals surface area contributed by atoms with Crippen LogP contribution in [0.5, 0.6) is 0 Å². The van der Waals surface area contributed by atoms with Crippen LogP contribution in [0.4, 0.5) is 5.69 Å². The van der Waals surface area contributed by atoms with Crippen LogP contribution in [0.2, 0.25) is 5.02 Å². The zero-order valence-corrected chi connectivity index (χ0v) is 13.0. The van der Waals surface area contributed by atoms with Gasteiger partial charge in [0.2, 0.25) is 0 Å². The van der Waals surface area contributed by atoms with Crippen molar-refractivity contribution in [2.24, 2.45) is 7.05 Å². The number of rotatable bonds is 4. The second-order valence-corrected chi connectivity index (χ2v) is 6.75. The zero-order valence-electron chi connectivity index (χ0n) is 11.4. The van der Waals surface area contributed by atoms with Gasteiger partial charge in [-0.2, -0.15) is 16.9 Å². The highest BCUT2D eigenvalue weighted by Crippen LogP contribution is 2.38. The number of aromatic nitrogens is 2. The minimum atomic E-state index is -0.256. The van der Waals surface area contributed by atoms with E-state index in [0.717, 1.165) is 6.54 Å². The average Bonchev–Trinajstić information content (AvgIpc) is 2.45. The predicted octanol–water partition coefficient (Wildman–Crippen LogP) is 2.91. The Morgan fingerprint density at radius 1 is 1.47 bits per heavy atom. The van der Waals surface area contributed by atoms with Gasteiger partial charge in [0.15, 0.2) is 0 Å². The monoisotopic (exact) mass is 301 g/mol. The molecule has 106 valence electrons. The fourth-order valence-electron chi connectivity index (χ4n) is 2.54. The topological polar surface area (TPSA) is 46.9 Å². The van der Waals surface area contributed by atoms with Gasteiger partial charge < -0.3 is 5.32 Å². The summed E-state index contributed by atoms with van der Waals surface area (Å²) in [4.78, 5) is 11.7. The maximum atomic E-state index is 11.7. The summed E-state index contributed by atoms with van der Waals surface area (Å²) in [5.74, 6) is 0. The lowest BCUT2D eigenvalue weighted by molar-refractivity contribution is 0.411. The van der Waals surface area contributed by atoms with E-state index in [1.54, 1.807) is 13.2 Å². The van der Waals surface area contributed by atoms with Crippen LogP contribution in [-0.2, 0) is 7.05 Å². The molecular weight excluding hydrogens is 282 g/mol. The van der Waals surface area contributed by atoms with Crippen molar-refractivity contribution in [2.75, 3.05) is 18.1 Å². The summed E-state index contributed by atoms with van der Waals surface area (Å²) in [5, 5.41) is 7.54. The van der Waals surface area contributed by atoms with Crippen molar-refractivity contribution in [2.45, 2.75) is 36.9 Å². The van der Waals surface area contributed by atoms with Crippen LogP contribution in [0.25, 0.3) is 0 Å². The molecule has 19 heavy (non-hydrogen) atoms. The molecule has 1 aliphatic carbocycles. The van der Waals surface area contributed by atoms with Gasteiger partial charge >= 0.3 is 0 Å². The molecule has 1 aliphatic rings. The van der Waals surface area contributed by atoms with E-state index in [0.29, 0.717) is 5.69 Å². The third-order valence-electron chi connectivity index (χ3n) is 3.88. The van der Waals surface area contributed by atoms with E-state index in [9.17, 15) is 4.79 Å². The van der Waals surface area contributed by atoms with E-state index in [1.807, 2.05) is 11.8 Å². The molecule has 1 N–H and O–H groups in total. The van der Waals surface area contributed by atoms with E-state index >= 15 is 0 Å². The molecule has 0 atom stereocenters. The van der Waals surface area contributed by atoms with Crippen molar-refractivity contribution in [3.05, 3.63) is 21.6 Å². The Kier molecular flexibility index (Phi) is 4.79. The van der Waals surface area contributed by atoms with Crippen molar-refractivity contribution >= 4 is 29.1 Å². The van der Waals surface area contributed by atoms with Crippen LogP contribution in [0.1, 0.15) is 32.1 Å². The Morgan fingerprint density at radius 2 is 2.16 bits per heavy atom. The number of nitrogens with one attached hydrogen (secondary N) is 1. The highest BCUT2D eigenvalue weighted by molar-refractivity contribution is 8.00. The largest absolute Gasteiger partial charge is 0.381 e. The quantitative estimate of drug-likeness (QED) is 0.929. The number of hydrogen-bond acceptors (Lipinski definition) is 4. The summed E-state index contributed by atoms with van der Waals surface area (Å²) in [5.41, 5.74) is 0.386. The van der Waals surface area contributed by atoms with Gasteiger partial charge in [-0.3, -0.25) is 4.79 Å². The van der Waals surface area contributed by atoms with Crippen LogP contribution in [-0.4, -0.2) is 27.3 Å². The molecule has 1 fully saturated rings. The maximum Gasteiger partial charge on any atom is 0.287 e. The molecule has 0 unspecified atom stereocenters. The van der Waals surface area contributed by atoms with Crippen LogP contribution < -0.4 is 10.9 Å². The summed E-state index contributed by atoms with van der Waals surface area (Å²) in [6, 6.07) is 0. The lowest BCUT2D eigenvalue weighted by Crippen LogP contribution is -2.36. The Balaban J connectivity index is 2.09. The van der Waals surface area contributed by atoms with E-state index in [-0.39, 0.29) is 15.3 Å². The lowest BCUT2D eigenvalue weighted by Gasteiger charge is -2.36. The smallest absolute Gasteiger partial charge is 0.287 e. The number of nitrogens with zero attached hydrogens (tertiary/aromatic N) is 2. The van der Waals surface area contributed by atoms with Crippen molar-refractivity contribution in [1.29, 1.82) is 0 Å². The summed E-state index contributed by atoms with van der Waals surface area (Å²) in [6.45, 7) is 0.836. The zero-order chi connectivity index (χ0) is 13.9. The molecule has 0 radical (unpaired) electrons. The third-order valence-corrected chi connectivity index (χ3v) is 5.66. The Hall–Kier alpha value is -0.680. The van der Waals surface area contributed by atoms with Gasteiger partial charge in [0, 0.05) is 18.3 Å². The standard InChI is InChI=1S/C13H20ClN3OS/c1-17-12(18)11(14)10(8-16-17)15-9-13(19-2)6-4-3-5-7-13/h8,15H,3-7,9H2,1-2H3. The van der Waals surface area contributed by atoms with Gasteiger partial charge in [0.25, 0.3) is 5.56 Å². The lowest BCUT2D eigenvalue weighted by atomic mass is 9.88. The normalized spacial score (nSPS) is 18.3. The first kappa shape index (κ1) is 14.7. The first-order chi connectivity index (χ1) is 9.08. The number of aryl methyl sites for hydroxylation is 1. The van der Waals surface area contributed by atoms with E-state index in [2.05, 4.69) is 16.7 Å². The molecule has 6 heteroatoms. The molecular formula is C13H20ClN3OS. The molecule has 0 spiro atoms. The second kappa shape index (κ2) is 6.18. The number of hydrogen-bond donors (Lipinski definition) is 1. The molecule has 0 bridgehead atoms. The Morgan fingerprint density at radius 3 is 2.79 bits per heavy atom. The molecule has 4 nitrogen and oxygen atoms in total. The highest BCUT2D eigenvalue weighted by Gasteiger charge is 2.31. The second-order valence-electron chi connectivity index (χ2n) is 5.10. The summed E-state index contributed by atoms with van der Waals surface area (Å²) < 4.78 is 1.51. The predicted molar refractivity (Wildman–Crippen MR) is 82.3 cm³/mol. The average molecular weight is 302 g/mol. The molecule has 2 rings (SSSR count). The number of thioether (sulfide) groups is 1.